The summed E-state index contributed by atoms with van der Waals surface area (Å²) in [6, 6.07) is -0.758. The number of fused-ring (bicyclic) bond motifs is 5. The molecular formula is C16H26ClN3O4. The molecule has 2 bridgehead atoms. The molecule has 0 radical (unpaired) electrons. The van der Waals surface area contributed by atoms with E-state index in [-0.39, 0.29) is 54.2 Å². The summed E-state index contributed by atoms with van der Waals surface area (Å²) in [5, 5.41) is 5.97. The van der Waals surface area contributed by atoms with Crippen molar-refractivity contribution in [2.75, 3.05) is 19.6 Å². The summed E-state index contributed by atoms with van der Waals surface area (Å²) >= 11 is 0. The number of nitrogens with one attached hydrogen (secondary N) is 2. The number of rotatable bonds is 7. The summed E-state index contributed by atoms with van der Waals surface area (Å²) in [6.07, 6.45) is 2.43. The van der Waals surface area contributed by atoms with Gasteiger partial charge in [-0.3, -0.25) is 19.3 Å². The second-order valence-electron chi connectivity index (χ2n) is 6.61. The Morgan fingerprint density at radius 2 is 1.75 bits per heavy atom. The van der Waals surface area contributed by atoms with E-state index >= 15 is 0 Å². The first-order valence-corrected chi connectivity index (χ1v) is 8.57. The third kappa shape index (κ3) is 3.17. The van der Waals surface area contributed by atoms with Crippen LogP contribution in [0, 0.1) is 11.8 Å². The monoisotopic (exact) mass is 359 g/mol. The van der Waals surface area contributed by atoms with E-state index in [9.17, 15) is 14.4 Å². The molecule has 0 aliphatic carbocycles. The fraction of sp³-hybridized carbons (Fsp3) is 0.812. The lowest BCUT2D eigenvalue weighted by atomic mass is 9.81. The number of imide groups is 1. The minimum absolute atomic E-state index is 0. The van der Waals surface area contributed by atoms with Crippen molar-refractivity contribution in [3.05, 3.63) is 0 Å². The maximum atomic E-state index is 12.6. The van der Waals surface area contributed by atoms with Gasteiger partial charge in [0.2, 0.25) is 17.7 Å². The van der Waals surface area contributed by atoms with Crippen molar-refractivity contribution in [2.45, 2.75) is 51.4 Å². The molecule has 3 aliphatic rings. The molecule has 5 atom stereocenters. The van der Waals surface area contributed by atoms with Gasteiger partial charge in [-0.1, -0.05) is 6.92 Å². The van der Waals surface area contributed by atoms with Crippen LogP contribution in [0.3, 0.4) is 0 Å². The minimum Gasteiger partial charge on any atom is -0.373 e. The van der Waals surface area contributed by atoms with E-state index in [0.717, 1.165) is 30.7 Å². The average molecular weight is 360 g/mol. The van der Waals surface area contributed by atoms with Crippen LogP contribution in [-0.4, -0.2) is 60.5 Å². The van der Waals surface area contributed by atoms with Gasteiger partial charge in [-0.15, -0.1) is 12.4 Å². The quantitative estimate of drug-likeness (QED) is 0.496. The first-order valence-electron chi connectivity index (χ1n) is 8.57. The Bertz CT molecular complexity index is 488. The Kier molecular flexibility index (Phi) is 6.22. The lowest BCUT2D eigenvalue weighted by Crippen LogP contribution is -2.50. The Morgan fingerprint density at radius 3 is 2.29 bits per heavy atom. The van der Waals surface area contributed by atoms with Gasteiger partial charge < -0.3 is 15.4 Å². The van der Waals surface area contributed by atoms with Crippen LogP contribution in [0.2, 0.25) is 0 Å². The van der Waals surface area contributed by atoms with Crippen molar-refractivity contribution in [1.82, 2.24) is 15.5 Å². The van der Waals surface area contributed by atoms with Gasteiger partial charge in [-0.25, -0.2) is 0 Å². The maximum absolute atomic E-state index is 12.6. The molecule has 7 nitrogen and oxygen atoms in total. The van der Waals surface area contributed by atoms with Crippen LogP contribution in [0.25, 0.3) is 0 Å². The molecule has 0 saturated carbocycles. The first-order chi connectivity index (χ1) is 11.1. The molecule has 5 unspecified atom stereocenters. The Labute approximate surface area is 148 Å². The molecule has 0 aromatic rings. The van der Waals surface area contributed by atoms with Crippen LogP contribution in [0.15, 0.2) is 0 Å². The molecule has 3 heterocycles. The average Bonchev–Trinajstić information content (AvgIpc) is 3.20. The number of halogens is 1. The molecule has 3 saturated heterocycles. The highest BCUT2D eigenvalue weighted by Gasteiger charge is 2.63. The zero-order valence-electron chi connectivity index (χ0n) is 14.1. The lowest BCUT2D eigenvalue weighted by molar-refractivity contribution is -0.149. The molecule has 0 spiro atoms. The topological polar surface area (TPSA) is 87.7 Å². The molecule has 2 N–H and O–H groups in total. The number of ether oxygens (including phenoxy) is 1. The molecule has 136 valence electrons. The Hall–Kier alpha value is -1.18. The molecule has 3 aliphatic heterocycles. The third-order valence-electron chi connectivity index (χ3n) is 5.11. The van der Waals surface area contributed by atoms with Gasteiger partial charge in [0.1, 0.15) is 6.04 Å². The highest BCUT2D eigenvalue weighted by molar-refractivity contribution is 6.09. The van der Waals surface area contributed by atoms with E-state index in [1.165, 1.54) is 0 Å². The van der Waals surface area contributed by atoms with Gasteiger partial charge in [0.15, 0.2) is 0 Å². The van der Waals surface area contributed by atoms with E-state index in [0.29, 0.717) is 13.1 Å². The predicted octanol–water partition coefficient (Wildman–Crippen LogP) is 0.0749. The Morgan fingerprint density at radius 1 is 1.17 bits per heavy atom. The summed E-state index contributed by atoms with van der Waals surface area (Å²) < 4.78 is 5.69. The van der Waals surface area contributed by atoms with Crippen molar-refractivity contribution in [3.8, 4) is 0 Å². The van der Waals surface area contributed by atoms with Crippen LogP contribution in [-0.2, 0) is 19.1 Å². The van der Waals surface area contributed by atoms with Gasteiger partial charge >= 0.3 is 0 Å². The SMILES string of the molecule is CCCNCCNC(=O)C(C)N1C(=O)C2C3CCC(O3)C2C1=O.Cl. The van der Waals surface area contributed by atoms with E-state index < -0.39 is 6.04 Å². The number of nitrogens with zero attached hydrogens (tertiary/aromatic N) is 1. The number of likely N-dealkylation sites (tertiary alicyclic amines) is 1. The molecule has 0 aromatic carbocycles. The molecule has 3 fully saturated rings. The molecule has 24 heavy (non-hydrogen) atoms. The number of carbonyl (C=O) groups excluding carboxylic acids is 3. The normalized spacial score (nSPS) is 31.8. The fourth-order valence-electron chi connectivity index (χ4n) is 3.96. The van der Waals surface area contributed by atoms with Gasteiger partial charge in [0, 0.05) is 13.1 Å². The van der Waals surface area contributed by atoms with Gasteiger partial charge in [-0.2, -0.15) is 0 Å². The van der Waals surface area contributed by atoms with E-state index in [1.807, 2.05) is 0 Å². The molecule has 0 aromatic heterocycles. The summed E-state index contributed by atoms with van der Waals surface area (Å²) in [5.41, 5.74) is 0. The second kappa shape index (κ2) is 7.80. The minimum atomic E-state index is -0.758. The number of carbonyl (C=O) groups is 3. The third-order valence-corrected chi connectivity index (χ3v) is 5.11. The molecular weight excluding hydrogens is 334 g/mol. The van der Waals surface area contributed by atoms with Crippen LogP contribution < -0.4 is 10.6 Å². The smallest absolute Gasteiger partial charge is 0.243 e. The van der Waals surface area contributed by atoms with E-state index in [2.05, 4.69) is 17.6 Å². The number of hydrogen-bond acceptors (Lipinski definition) is 5. The maximum Gasteiger partial charge on any atom is 0.243 e. The summed E-state index contributed by atoms with van der Waals surface area (Å²) in [6.45, 7) is 5.76. The van der Waals surface area contributed by atoms with Gasteiger partial charge in [0.05, 0.1) is 24.0 Å². The van der Waals surface area contributed by atoms with E-state index in [1.54, 1.807) is 6.92 Å². The van der Waals surface area contributed by atoms with Crippen LogP contribution in [0.1, 0.15) is 33.1 Å². The Balaban J connectivity index is 0.00000208. The summed E-state index contributed by atoms with van der Waals surface area (Å²) in [5.74, 6) is -1.50. The molecule has 8 heteroatoms. The van der Waals surface area contributed by atoms with Crippen molar-refractivity contribution < 1.29 is 19.1 Å². The number of amides is 3. The number of hydrogen-bond donors (Lipinski definition) is 2. The van der Waals surface area contributed by atoms with Crippen molar-refractivity contribution in [1.29, 1.82) is 0 Å². The van der Waals surface area contributed by atoms with Crippen LogP contribution >= 0.6 is 12.4 Å². The van der Waals surface area contributed by atoms with Crippen molar-refractivity contribution in [3.63, 3.8) is 0 Å². The van der Waals surface area contributed by atoms with Crippen LogP contribution in [0.5, 0.6) is 0 Å². The summed E-state index contributed by atoms with van der Waals surface area (Å²) in [7, 11) is 0. The van der Waals surface area contributed by atoms with Gasteiger partial charge in [-0.05, 0) is 32.7 Å². The highest BCUT2D eigenvalue weighted by atomic mass is 35.5. The first kappa shape index (κ1) is 19.1. The van der Waals surface area contributed by atoms with Gasteiger partial charge in [0.25, 0.3) is 0 Å². The zero-order valence-corrected chi connectivity index (χ0v) is 14.9. The molecule has 3 rings (SSSR count). The zero-order chi connectivity index (χ0) is 16.6. The van der Waals surface area contributed by atoms with E-state index in [4.69, 9.17) is 4.74 Å². The summed E-state index contributed by atoms with van der Waals surface area (Å²) in [4.78, 5) is 38.6. The second-order valence-corrected chi connectivity index (χ2v) is 6.61. The largest absolute Gasteiger partial charge is 0.373 e. The fourth-order valence-corrected chi connectivity index (χ4v) is 3.96. The van der Waals surface area contributed by atoms with Crippen molar-refractivity contribution in [2.24, 2.45) is 11.8 Å². The van der Waals surface area contributed by atoms with Crippen molar-refractivity contribution >= 4 is 30.1 Å². The standard InChI is InChI=1S/C16H25N3O4.ClH/c1-3-6-17-7-8-18-14(20)9(2)19-15(21)12-10-4-5-11(23-10)13(12)16(19)22;/h9-13,17H,3-8H2,1-2H3,(H,18,20);1H. The lowest BCUT2D eigenvalue weighted by Gasteiger charge is -2.23. The molecule has 3 amide bonds. The highest BCUT2D eigenvalue weighted by Crippen LogP contribution is 2.48. The predicted molar refractivity (Wildman–Crippen MR) is 89.6 cm³/mol. The van der Waals surface area contributed by atoms with Crippen LogP contribution in [0.4, 0.5) is 0 Å².